The zero-order chi connectivity index (χ0) is 8.93. The quantitative estimate of drug-likeness (QED) is 0.493. The molecule has 2 fully saturated rings. The molecule has 1 aliphatic heterocycles. The Bertz CT molecular complexity index is 183. The lowest BCUT2D eigenvalue weighted by molar-refractivity contribution is 0.131. The van der Waals surface area contributed by atoms with Crippen LogP contribution in [0.4, 0.5) is 0 Å². The van der Waals surface area contributed by atoms with E-state index in [4.69, 9.17) is 7.98 Å². The van der Waals surface area contributed by atoms with Crippen LogP contribution < -0.4 is 0 Å². The molecular formula is C10H18BN. The summed E-state index contributed by atoms with van der Waals surface area (Å²) in [6, 6.07) is 1.32. The maximum Gasteiger partial charge on any atom is 0.183 e. The Morgan fingerprint density at radius 1 is 1.25 bits per heavy atom. The molecule has 0 aromatic heterocycles. The van der Waals surface area contributed by atoms with Gasteiger partial charge in [-0.25, -0.2) is 0 Å². The van der Waals surface area contributed by atoms with Crippen LogP contribution in [0.2, 0.25) is 0 Å². The van der Waals surface area contributed by atoms with E-state index in [1.807, 2.05) is 0 Å². The molecule has 0 amide bonds. The van der Waals surface area contributed by atoms with Gasteiger partial charge in [-0.3, -0.25) is 0 Å². The van der Waals surface area contributed by atoms with E-state index in [9.17, 15) is 0 Å². The minimum atomic E-state index is 0.356. The largest absolute Gasteiger partial charge is 0.348 e. The summed E-state index contributed by atoms with van der Waals surface area (Å²) in [5.74, 6) is 0.875. The molecule has 1 aliphatic carbocycles. The van der Waals surface area contributed by atoms with E-state index >= 15 is 0 Å². The maximum atomic E-state index is 6.08. The predicted molar refractivity (Wildman–Crippen MR) is 52.0 cm³/mol. The van der Waals surface area contributed by atoms with Gasteiger partial charge in [0.25, 0.3) is 0 Å². The zero-order valence-corrected chi connectivity index (χ0v) is 8.38. The maximum absolute atomic E-state index is 6.08. The number of hydrogen-bond donors (Lipinski definition) is 0. The fourth-order valence-electron chi connectivity index (χ4n) is 3.17. The van der Waals surface area contributed by atoms with Gasteiger partial charge < -0.3 is 4.81 Å². The summed E-state index contributed by atoms with van der Waals surface area (Å²) in [5.41, 5.74) is 0.356. The van der Waals surface area contributed by atoms with Crippen molar-refractivity contribution in [3.05, 3.63) is 0 Å². The summed E-state index contributed by atoms with van der Waals surface area (Å²) < 4.78 is 0. The molecule has 3 atom stereocenters. The second kappa shape index (κ2) is 2.51. The highest BCUT2D eigenvalue weighted by molar-refractivity contribution is 6.05. The van der Waals surface area contributed by atoms with Gasteiger partial charge >= 0.3 is 0 Å². The molecular weight excluding hydrogens is 145 g/mol. The van der Waals surface area contributed by atoms with Crippen molar-refractivity contribution in [1.82, 2.24) is 4.81 Å². The van der Waals surface area contributed by atoms with Gasteiger partial charge in [0.2, 0.25) is 0 Å². The Morgan fingerprint density at radius 3 is 2.25 bits per heavy atom. The zero-order valence-electron chi connectivity index (χ0n) is 8.38. The summed E-state index contributed by atoms with van der Waals surface area (Å²) >= 11 is 0. The minimum Gasteiger partial charge on any atom is -0.348 e. The molecule has 2 heteroatoms. The van der Waals surface area contributed by atoms with E-state index < -0.39 is 0 Å². The van der Waals surface area contributed by atoms with Crippen LogP contribution in [-0.2, 0) is 0 Å². The normalized spacial score (nSPS) is 42.4. The number of nitrogens with zero attached hydrogens (tertiary/aromatic N) is 1. The highest BCUT2D eigenvalue weighted by atomic mass is 15.2. The number of rotatable bonds is 0. The third kappa shape index (κ3) is 1.12. The van der Waals surface area contributed by atoms with Gasteiger partial charge in [-0.05, 0) is 36.6 Å². The topological polar surface area (TPSA) is 3.24 Å². The molecule has 2 rings (SSSR count). The van der Waals surface area contributed by atoms with Crippen molar-refractivity contribution >= 4 is 7.98 Å². The molecule has 2 radical (unpaired) electrons. The Labute approximate surface area is 76.9 Å². The third-order valence-electron chi connectivity index (χ3n) is 3.52. The standard InChI is InChI=1S/C10H18BN/c1-10(2,3)9-7-4-5-8(6-7)12(9)11/h7-9H,4-6H2,1-3H3. The molecule has 0 spiro atoms. The molecule has 0 N–H and O–H groups in total. The van der Waals surface area contributed by atoms with Crippen molar-refractivity contribution in [2.24, 2.45) is 11.3 Å². The Kier molecular flexibility index (Phi) is 1.80. The van der Waals surface area contributed by atoms with Crippen molar-refractivity contribution in [3.63, 3.8) is 0 Å². The van der Waals surface area contributed by atoms with Crippen molar-refractivity contribution in [2.75, 3.05) is 0 Å². The minimum absolute atomic E-state index is 0.356. The molecule has 1 nitrogen and oxygen atoms in total. The molecule has 3 unspecified atom stereocenters. The lowest BCUT2D eigenvalue weighted by atomic mass is 9.77. The first kappa shape index (κ1) is 8.62. The lowest BCUT2D eigenvalue weighted by Gasteiger charge is -2.41. The van der Waals surface area contributed by atoms with Crippen LogP contribution >= 0.6 is 0 Å². The number of piperidine rings is 1. The van der Waals surface area contributed by atoms with E-state index in [2.05, 4.69) is 25.6 Å². The van der Waals surface area contributed by atoms with Gasteiger partial charge in [-0.15, -0.1) is 0 Å². The third-order valence-corrected chi connectivity index (χ3v) is 3.52. The summed E-state index contributed by atoms with van der Waals surface area (Å²) in [6.07, 6.45) is 4.08. The molecule has 1 heterocycles. The molecule has 2 aliphatic rings. The van der Waals surface area contributed by atoms with Gasteiger partial charge in [0, 0.05) is 6.04 Å². The molecule has 66 valence electrons. The number of fused-ring (bicyclic) bond motifs is 2. The lowest BCUT2D eigenvalue weighted by Crippen LogP contribution is -2.46. The monoisotopic (exact) mass is 163 g/mol. The highest BCUT2D eigenvalue weighted by Gasteiger charge is 2.47. The van der Waals surface area contributed by atoms with E-state index in [-0.39, 0.29) is 0 Å². The van der Waals surface area contributed by atoms with Gasteiger partial charge in [0.05, 0.1) is 0 Å². The fourth-order valence-corrected chi connectivity index (χ4v) is 3.17. The van der Waals surface area contributed by atoms with Crippen LogP contribution in [0.25, 0.3) is 0 Å². The average Bonchev–Trinajstić information content (AvgIpc) is 2.42. The van der Waals surface area contributed by atoms with Gasteiger partial charge in [-0.1, -0.05) is 20.8 Å². The first-order chi connectivity index (χ1) is 5.50. The highest BCUT2D eigenvalue weighted by Crippen LogP contribution is 2.47. The van der Waals surface area contributed by atoms with E-state index in [0.717, 1.165) is 5.92 Å². The summed E-state index contributed by atoms with van der Waals surface area (Å²) in [7, 11) is 6.08. The second-order valence-electron chi connectivity index (χ2n) is 5.49. The van der Waals surface area contributed by atoms with Crippen molar-refractivity contribution < 1.29 is 0 Å². The van der Waals surface area contributed by atoms with Crippen LogP contribution in [0.1, 0.15) is 40.0 Å². The molecule has 0 aromatic carbocycles. The molecule has 1 saturated carbocycles. The molecule has 2 bridgehead atoms. The van der Waals surface area contributed by atoms with Crippen LogP contribution in [0.5, 0.6) is 0 Å². The van der Waals surface area contributed by atoms with Crippen LogP contribution in [0.15, 0.2) is 0 Å². The van der Waals surface area contributed by atoms with Crippen LogP contribution in [-0.4, -0.2) is 24.9 Å². The first-order valence-corrected chi connectivity index (χ1v) is 5.03. The van der Waals surface area contributed by atoms with Crippen LogP contribution in [0.3, 0.4) is 0 Å². The second-order valence-corrected chi connectivity index (χ2v) is 5.49. The molecule has 0 aromatic rings. The first-order valence-electron chi connectivity index (χ1n) is 5.03. The number of hydrogen-bond acceptors (Lipinski definition) is 1. The van der Waals surface area contributed by atoms with E-state index in [0.29, 0.717) is 17.5 Å². The smallest absolute Gasteiger partial charge is 0.183 e. The SMILES string of the molecule is [B]N1C2CCC(C2)C1C(C)(C)C. The van der Waals surface area contributed by atoms with Crippen molar-refractivity contribution in [3.8, 4) is 0 Å². The predicted octanol–water partition coefficient (Wildman–Crippen LogP) is 1.97. The van der Waals surface area contributed by atoms with Crippen molar-refractivity contribution in [2.45, 2.75) is 52.1 Å². The average molecular weight is 163 g/mol. The Balaban J connectivity index is 2.17. The van der Waals surface area contributed by atoms with Crippen molar-refractivity contribution in [1.29, 1.82) is 0 Å². The summed E-state index contributed by atoms with van der Waals surface area (Å²) in [4.78, 5) is 2.13. The van der Waals surface area contributed by atoms with Gasteiger partial charge in [0.1, 0.15) is 0 Å². The van der Waals surface area contributed by atoms with E-state index in [1.54, 1.807) is 0 Å². The molecule has 12 heavy (non-hydrogen) atoms. The fraction of sp³-hybridized carbons (Fsp3) is 1.00. The summed E-state index contributed by atoms with van der Waals surface area (Å²) in [5, 5.41) is 0. The van der Waals surface area contributed by atoms with Gasteiger partial charge in [-0.2, -0.15) is 0 Å². The Morgan fingerprint density at radius 2 is 1.92 bits per heavy atom. The Hall–Kier alpha value is 0.0249. The van der Waals surface area contributed by atoms with Crippen LogP contribution in [0, 0.1) is 11.3 Å². The van der Waals surface area contributed by atoms with Gasteiger partial charge in [0.15, 0.2) is 7.98 Å². The summed E-state index contributed by atoms with van der Waals surface area (Å²) in [6.45, 7) is 6.91. The molecule has 1 saturated heterocycles. The van der Waals surface area contributed by atoms with E-state index in [1.165, 1.54) is 19.3 Å².